The van der Waals surface area contributed by atoms with Crippen molar-refractivity contribution in [2.45, 2.75) is 38.0 Å². The van der Waals surface area contributed by atoms with Crippen LogP contribution < -0.4 is 24.8 Å². The number of carbonyl (C=O) groups is 2. The number of methoxy groups -OCH3 is 1. The van der Waals surface area contributed by atoms with Gasteiger partial charge in [-0.1, -0.05) is 18.9 Å². The highest BCUT2D eigenvalue weighted by atomic mass is 16.7. The highest BCUT2D eigenvalue weighted by Gasteiger charge is 2.30. The van der Waals surface area contributed by atoms with E-state index in [-0.39, 0.29) is 30.4 Å². The molecule has 2 aromatic carbocycles. The number of benzene rings is 2. The van der Waals surface area contributed by atoms with Gasteiger partial charge in [-0.15, -0.1) is 0 Å². The van der Waals surface area contributed by atoms with Gasteiger partial charge in [0.05, 0.1) is 7.11 Å². The molecule has 1 unspecified atom stereocenters. The van der Waals surface area contributed by atoms with Crippen LogP contribution in [0.2, 0.25) is 0 Å². The topological polar surface area (TPSA) is 85.9 Å². The Kier molecular flexibility index (Phi) is 4.73. The first-order valence-corrected chi connectivity index (χ1v) is 10.3. The van der Waals surface area contributed by atoms with Crippen LogP contribution in [0.1, 0.15) is 49.1 Å². The van der Waals surface area contributed by atoms with Crippen molar-refractivity contribution in [2.75, 3.05) is 24.5 Å². The van der Waals surface area contributed by atoms with E-state index in [9.17, 15) is 9.59 Å². The van der Waals surface area contributed by atoms with Crippen molar-refractivity contribution in [3.63, 3.8) is 0 Å². The van der Waals surface area contributed by atoms with Gasteiger partial charge < -0.3 is 24.8 Å². The van der Waals surface area contributed by atoms with Gasteiger partial charge in [0.15, 0.2) is 11.5 Å². The van der Waals surface area contributed by atoms with Gasteiger partial charge in [0.25, 0.3) is 0 Å². The Morgan fingerprint density at radius 1 is 1.17 bits per heavy atom. The lowest BCUT2D eigenvalue weighted by atomic mass is 9.84. The van der Waals surface area contributed by atoms with Crippen LogP contribution in [0.25, 0.3) is 0 Å². The Morgan fingerprint density at radius 2 is 2.00 bits per heavy atom. The monoisotopic (exact) mass is 408 g/mol. The third kappa shape index (κ3) is 3.34. The molecule has 2 aliphatic heterocycles. The molecule has 1 aliphatic carbocycles. The predicted octanol–water partition coefficient (Wildman–Crippen LogP) is 4.03. The average Bonchev–Trinajstić information content (AvgIpc) is 3.44. The minimum Gasteiger partial charge on any atom is -0.493 e. The third-order valence-electron chi connectivity index (χ3n) is 6.17. The number of nitrogens with one attached hydrogen (secondary N) is 2. The first kappa shape index (κ1) is 18.8. The lowest BCUT2D eigenvalue weighted by Gasteiger charge is -2.27. The molecule has 2 aromatic rings. The van der Waals surface area contributed by atoms with Gasteiger partial charge in [-0.3, -0.25) is 9.59 Å². The number of hydrogen-bond acceptors (Lipinski definition) is 5. The van der Waals surface area contributed by atoms with E-state index in [0.29, 0.717) is 29.4 Å². The molecule has 7 nitrogen and oxygen atoms in total. The van der Waals surface area contributed by atoms with E-state index in [0.717, 1.165) is 42.5 Å². The largest absolute Gasteiger partial charge is 0.493 e. The number of amides is 2. The molecule has 0 spiro atoms. The van der Waals surface area contributed by atoms with E-state index in [4.69, 9.17) is 14.2 Å². The van der Waals surface area contributed by atoms with E-state index in [1.807, 2.05) is 30.3 Å². The fraction of sp³-hybridized carbons (Fsp3) is 0.391. The molecule has 1 atom stereocenters. The summed E-state index contributed by atoms with van der Waals surface area (Å²) >= 11 is 0. The summed E-state index contributed by atoms with van der Waals surface area (Å²) in [7, 11) is 1.59. The molecule has 1 fully saturated rings. The summed E-state index contributed by atoms with van der Waals surface area (Å²) in [6, 6.07) is 9.53. The van der Waals surface area contributed by atoms with Crippen LogP contribution in [0.4, 0.5) is 11.4 Å². The Labute approximate surface area is 174 Å². The van der Waals surface area contributed by atoms with Crippen LogP contribution in [0.5, 0.6) is 17.2 Å². The fourth-order valence-electron chi connectivity index (χ4n) is 4.62. The molecule has 2 N–H and O–H groups in total. The number of hydrogen-bond donors (Lipinski definition) is 2. The number of carbonyl (C=O) groups excluding carboxylic acids is 2. The number of rotatable bonds is 4. The van der Waals surface area contributed by atoms with Crippen molar-refractivity contribution in [2.24, 2.45) is 5.92 Å². The zero-order valence-electron chi connectivity index (χ0n) is 16.8. The molecule has 7 heteroatoms. The molecule has 5 rings (SSSR count). The first-order valence-electron chi connectivity index (χ1n) is 10.3. The second-order valence-corrected chi connectivity index (χ2v) is 8.03. The summed E-state index contributed by atoms with van der Waals surface area (Å²) in [6.45, 7) is 0.154. The predicted molar refractivity (Wildman–Crippen MR) is 111 cm³/mol. The lowest BCUT2D eigenvalue weighted by molar-refractivity contribution is -0.119. The lowest BCUT2D eigenvalue weighted by Crippen LogP contribution is -2.24. The second-order valence-electron chi connectivity index (χ2n) is 8.03. The van der Waals surface area contributed by atoms with E-state index in [2.05, 4.69) is 10.6 Å². The van der Waals surface area contributed by atoms with Gasteiger partial charge in [0, 0.05) is 29.6 Å². The smallest absolute Gasteiger partial charge is 0.231 e. The quantitative estimate of drug-likeness (QED) is 0.798. The molecular weight excluding hydrogens is 384 g/mol. The maximum atomic E-state index is 12.5. The Balaban J connectivity index is 1.46. The Bertz CT molecular complexity index is 1010. The summed E-state index contributed by atoms with van der Waals surface area (Å²) in [5.41, 5.74) is 3.34. The standard InChI is InChI=1S/C23H24N2O5/c1-28-19-8-14(9-20-22(19)30-12-29-20)17-11-21(26)25-18-10-15(6-7-16(17)18)24-23(27)13-4-2-3-5-13/h6-10,13,17H,2-5,11-12H2,1H3,(H,24,27)(H,25,26). The number of ether oxygens (including phenoxy) is 3. The molecule has 2 amide bonds. The molecule has 0 aromatic heterocycles. The normalized spacial score (nSPS) is 19.9. The van der Waals surface area contributed by atoms with Gasteiger partial charge in [-0.25, -0.2) is 0 Å². The van der Waals surface area contributed by atoms with E-state index in [1.165, 1.54) is 0 Å². The molecule has 0 bridgehead atoms. The van der Waals surface area contributed by atoms with Crippen LogP contribution in [0.3, 0.4) is 0 Å². The van der Waals surface area contributed by atoms with Crippen molar-refractivity contribution in [1.29, 1.82) is 0 Å². The van der Waals surface area contributed by atoms with Crippen molar-refractivity contribution in [1.82, 2.24) is 0 Å². The van der Waals surface area contributed by atoms with E-state index < -0.39 is 0 Å². The molecule has 1 saturated carbocycles. The summed E-state index contributed by atoms with van der Waals surface area (Å²) in [5, 5.41) is 5.96. The van der Waals surface area contributed by atoms with Gasteiger partial charge in [-0.05, 0) is 48.2 Å². The van der Waals surface area contributed by atoms with Crippen molar-refractivity contribution < 1.29 is 23.8 Å². The molecule has 0 saturated heterocycles. The highest BCUT2D eigenvalue weighted by molar-refractivity contribution is 5.98. The van der Waals surface area contributed by atoms with E-state index >= 15 is 0 Å². The van der Waals surface area contributed by atoms with Crippen LogP contribution in [-0.4, -0.2) is 25.7 Å². The summed E-state index contributed by atoms with van der Waals surface area (Å²) in [5.74, 6) is 1.74. The minimum absolute atomic E-state index is 0.0617. The third-order valence-corrected chi connectivity index (χ3v) is 6.17. The van der Waals surface area contributed by atoms with Crippen molar-refractivity contribution in [3.05, 3.63) is 41.5 Å². The minimum atomic E-state index is -0.142. The zero-order valence-corrected chi connectivity index (χ0v) is 16.8. The maximum Gasteiger partial charge on any atom is 0.231 e. The summed E-state index contributed by atoms with van der Waals surface area (Å²) in [4.78, 5) is 24.9. The van der Waals surface area contributed by atoms with Crippen molar-refractivity contribution in [3.8, 4) is 17.2 Å². The summed E-state index contributed by atoms with van der Waals surface area (Å²) < 4.78 is 16.5. The fourth-order valence-corrected chi connectivity index (χ4v) is 4.62. The molecule has 2 heterocycles. The average molecular weight is 408 g/mol. The molecule has 0 radical (unpaired) electrons. The molecular formula is C23H24N2O5. The Hall–Kier alpha value is -3.22. The SMILES string of the molecule is COc1cc(C2CC(=O)Nc3cc(NC(=O)C4CCCC4)ccc32)cc2c1OCO2. The zero-order chi connectivity index (χ0) is 20.7. The first-order chi connectivity index (χ1) is 14.6. The second kappa shape index (κ2) is 7.55. The molecule has 30 heavy (non-hydrogen) atoms. The van der Waals surface area contributed by atoms with Gasteiger partial charge in [0.1, 0.15) is 0 Å². The highest BCUT2D eigenvalue weighted by Crippen LogP contribution is 2.46. The van der Waals surface area contributed by atoms with Crippen molar-refractivity contribution >= 4 is 23.2 Å². The van der Waals surface area contributed by atoms with Crippen LogP contribution >= 0.6 is 0 Å². The maximum absolute atomic E-state index is 12.5. The summed E-state index contributed by atoms with van der Waals surface area (Å²) in [6.07, 6.45) is 4.44. The van der Waals surface area contributed by atoms with Gasteiger partial charge in [-0.2, -0.15) is 0 Å². The molecule has 3 aliphatic rings. The van der Waals surface area contributed by atoms with Crippen LogP contribution in [-0.2, 0) is 9.59 Å². The van der Waals surface area contributed by atoms with Gasteiger partial charge in [0.2, 0.25) is 24.4 Å². The van der Waals surface area contributed by atoms with E-state index in [1.54, 1.807) is 7.11 Å². The van der Waals surface area contributed by atoms with Gasteiger partial charge >= 0.3 is 0 Å². The Morgan fingerprint density at radius 3 is 2.80 bits per heavy atom. The number of anilines is 2. The number of fused-ring (bicyclic) bond motifs is 2. The molecule has 156 valence electrons. The van der Waals surface area contributed by atoms with Crippen LogP contribution in [0.15, 0.2) is 30.3 Å². The van der Waals surface area contributed by atoms with Crippen LogP contribution in [0, 0.1) is 5.92 Å².